The molecule has 0 rings (SSSR count). The molecular weight excluding hydrogens is 166 g/mol. The molecule has 0 N–H and O–H groups in total. The standard InChI is InChI=1S/C2N2.Co.Na.H2S/c3-1-2-4;;;/h;;;1H2. The van der Waals surface area contributed by atoms with E-state index in [0.717, 1.165) is 0 Å². The Morgan fingerprint density at radius 3 is 1.14 bits per heavy atom. The van der Waals surface area contributed by atoms with E-state index in [2.05, 4.69) is 0 Å². The van der Waals surface area contributed by atoms with E-state index in [4.69, 9.17) is 10.5 Å². The molecule has 0 saturated carbocycles. The van der Waals surface area contributed by atoms with Crippen molar-refractivity contribution in [2.45, 2.75) is 0 Å². The van der Waals surface area contributed by atoms with E-state index in [0.29, 0.717) is 0 Å². The van der Waals surface area contributed by atoms with Crippen LogP contribution in [0.4, 0.5) is 0 Å². The largest absolute Gasteiger partial charge is 0.197 e. The molecule has 2 radical (unpaired) electrons. The summed E-state index contributed by atoms with van der Waals surface area (Å²) in [6, 6.07) is 2.47. The first kappa shape index (κ1) is 24.9. The predicted molar refractivity (Wildman–Crippen MR) is 27.4 cm³/mol. The van der Waals surface area contributed by atoms with Gasteiger partial charge in [0.2, 0.25) is 0 Å². The van der Waals surface area contributed by atoms with Crippen LogP contribution in [-0.2, 0) is 16.8 Å². The Labute approximate surface area is 81.8 Å². The monoisotopic (exact) mass is 168 g/mol. The van der Waals surface area contributed by atoms with E-state index >= 15 is 0 Å². The van der Waals surface area contributed by atoms with Crippen molar-refractivity contribution in [2.75, 3.05) is 0 Å². The van der Waals surface area contributed by atoms with Gasteiger partial charge in [-0.15, -0.1) is 0 Å². The molecule has 0 aromatic heterocycles. The predicted octanol–water partition coefficient (Wildman–Crippen LogP) is -0.237. The van der Waals surface area contributed by atoms with Crippen LogP contribution in [0.5, 0.6) is 0 Å². The van der Waals surface area contributed by atoms with Gasteiger partial charge < -0.3 is 0 Å². The van der Waals surface area contributed by atoms with Crippen molar-refractivity contribution in [2.24, 2.45) is 0 Å². The van der Waals surface area contributed by atoms with Crippen molar-refractivity contribution >= 4 is 43.1 Å². The van der Waals surface area contributed by atoms with Gasteiger partial charge in [-0.2, -0.15) is 24.0 Å². The molecule has 0 unspecified atom stereocenters. The summed E-state index contributed by atoms with van der Waals surface area (Å²) >= 11 is 0. The summed E-state index contributed by atoms with van der Waals surface area (Å²) < 4.78 is 0. The van der Waals surface area contributed by atoms with Gasteiger partial charge >= 0.3 is 0 Å². The molecule has 0 aliphatic heterocycles. The fourth-order valence-corrected chi connectivity index (χ4v) is 0. The molecule has 36 valence electrons. The van der Waals surface area contributed by atoms with E-state index in [1.807, 2.05) is 0 Å². The minimum atomic E-state index is 0. The molecule has 0 aromatic rings. The van der Waals surface area contributed by atoms with Gasteiger partial charge in [-0.05, 0) is 0 Å². The number of nitrogens with zero attached hydrogens (tertiary/aromatic N) is 2. The number of nitriles is 2. The van der Waals surface area contributed by atoms with Gasteiger partial charge in [0.25, 0.3) is 0 Å². The molecule has 0 bridgehead atoms. The molecule has 0 amide bonds. The zero-order chi connectivity index (χ0) is 3.41. The number of hydrogen-bond donors (Lipinski definition) is 0. The summed E-state index contributed by atoms with van der Waals surface area (Å²) in [5.74, 6) is 0. The van der Waals surface area contributed by atoms with Crippen molar-refractivity contribution in [1.82, 2.24) is 0 Å². The van der Waals surface area contributed by atoms with Crippen LogP contribution in [0.3, 0.4) is 0 Å². The molecular formula is C2H2CoN2NaS. The molecule has 0 atom stereocenters. The smallest absolute Gasteiger partial charge is 0.181 e. The maximum absolute atomic E-state index is 7.26. The van der Waals surface area contributed by atoms with Gasteiger partial charge in [0, 0.05) is 46.3 Å². The summed E-state index contributed by atoms with van der Waals surface area (Å²) in [6.07, 6.45) is 0. The third-order valence-corrected chi connectivity index (χ3v) is 0.0500. The van der Waals surface area contributed by atoms with Crippen LogP contribution >= 0.6 is 13.5 Å². The maximum Gasteiger partial charge on any atom is 0.181 e. The van der Waals surface area contributed by atoms with Gasteiger partial charge in [-0.25, -0.2) is 0 Å². The van der Waals surface area contributed by atoms with Gasteiger partial charge in [-0.1, -0.05) is 0 Å². The molecule has 7 heavy (non-hydrogen) atoms. The zero-order valence-electron chi connectivity index (χ0n) is 3.73. The number of hydrogen-bond acceptors (Lipinski definition) is 2. The molecule has 0 heterocycles. The fourth-order valence-electron chi connectivity index (χ4n) is 0. The molecule has 0 aliphatic rings. The van der Waals surface area contributed by atoms with Crippen LogP contribution in [0.1, 0.15) is 0 Å². The molecule has 0 saturated heterocycles. The Kier molecular flexibility index (Phi) is 103. The third-order valence-electron chi connectivity index (χ3n) is 0.0500. The van der Waals surface area contributed by atoms with Gasteiger partial charge in [-0.3, -0.25) is 0 Å². The Hall–Kier alpha value is 0.836. The minimum Gasteiger partial charge on any atom is -0.197 e. The molecule has 0 aliphatic carbocycles. The van der Waals surface area contributed by atoms with Gasteiger partial charge in [0.05, 0.1) is 0 Å². The summed E-state index contributed by atoms with van der Waals surface area (Å²) in [4.78, 5) is 0. The second-order valence-electron chi connectivity index (χ2n) is 0.224. The van der Waals surface area contributed by atoms with Crippen molar-refractivity contribution in [3.8, 4) is 12.1 Å². The molecule has 0 fully saturated rings. The second kappa shape index (κ2) is 28.9. The summed E-state index contributed by atoms with van der Waals surface area (Å²) in [6.45, 7) is 0. The first-order valence-electron chi connectivity index (χ1n) is 0.697. The van der Waals surface area contributed by atoms with Crippen molar-refractivity contribution < 1.29 is 16.8 Å². The van der Waals surface area contributed by atoms with E-state index < -0.39 is 0 Å². The van der Waals surface area contributed by atoms with Crippen LogP contribution in [0.25, 0.3) is 0 Å². The van der Waals surface area contributed by atoms with Crippen molar-refractivity contribution in [1.29, 1.82) is 10.5 Å². The minimum absolute atomic E-state index is 0. The summed E-state index contributed by atoms with van der Waals surface area (Å²) in [5, 5.41) is 14.5. The van der Waals surface area contributed by atoms with Crippen LogP contribution in [0.15, 0.2) is 0 Å². The SMILES string of the molecule is N#CC#N.S.[Co].[Na]. The van der Waals surface area contributed by atoms with Crippen LogP contribution in [0.2, 0.25) is 0 Å². The Balaban J connectivity index is -0.0000000150. The quantitative estimate of drug-likeness (QED) is 0.469. The first-order valence-corrected chi connectivity index (χ1v) is 0.697. The van der Waals surface area contributed by atoms with E-state index in [-0.39, 0.29) is 59.8 Å². The van der Waals surface area contributed by atoms with Crippen LogP contribution in [0, 0.1) is 22.7 Å². The molecule has 2 nitrogen and oxygen atoms in total. The summed E-state index contributed by atoms with van der Waals surface area (Å²) in [7, 11) is 0. The Morgan fingerprint density at radius 1 is 1.00 bits per heavy atom. The van der Waals surface area contributed by atoms with Gasteiger partial charge in [0.15, 0.2) is 12.1 Å². The average molecular weight is 168 g/mol. The molecule has 0 aromatic carbocycles. The first-order chi connectivity index (χ1) is 1.91. The molecule has 5 heteroatoms. The third kappa shape index (κ3) is 47.4. The maximum atomic E-state index is 7.26. The van der Waals surface area contributed by atoms with E-state index in [1.54, 1.807) is 0 Å². The van der Waals surface area contributed by atoms with Crippen LogP contribution < -0.4 is 0 Å². The number of rotatable bonds is 0. The topological polar surface area (TPSA) is 47.6 Å². The van der Waals surface area contributed by atoms with Crippen molar-refractivity contribution in [3.63, 3.8) is 0 Å². The van der Waals surface area contributed by atoms with Crippen LogP contribution in [-0.4, -0.2) is 29.6 Å². The Morgan fingerprint density at radius 2 is 1.14 bits per heavy atom. The molecule has 0 spiro atoms. The van der Waals surface area contributed by atoms with E-state index in [1.165, 1.54) is 12.1 Å². The summed E-state index contributed by atoms with van der Waals surface area (Å²) in [5.41, 5.74) is 0. The van der Waals surface area contributed by atoms with Crippen molar-refractivity contribution in [3.05, 3.63) is 0 Å². The Bertz CT molecular complexity index is 70.7. The second-order valence-corrected chi connectivity index (χ2v) is 0.224. The zero-order valence-corrected chi connectivity index (χ0v) is 7.77. The average Bonchev–Trinajstić information content (AvgIpc) is 1.37. The fraction of sp³-hybridized carbons (Fsp3) is 0. The normalized spacial score (nSPS) is 1.43. The van der Waals surface area contributed by atoms with E-state index in [9.17, 15) is 0 Å². The van der Waals surface area contributed by atoms with Gasteiger partial charge in [0.1, 0.15) is 0 Å².